The molecule has 11 heteroatoms. The maximum atomic E-state index is 17.2. The lowest BCUT2D eigenvalue weighted by atomic mass is 9.76. The number of fused-ring (bicyclic) bond motifs is 3. The van der Waals surface area contributed by atoms with Gasteiger partial charge in [0.25, 0.3) is 15.9 Å². The van der Waals surface area contributed by atoms with E-state index in [-0.39, 0.29) is 47.5 Å². The number of ether oxygens (including phenoxy) is 1. The Morgan fingerprint density at radius 3 is 2.19 bits per heavy atom. The molecule has 0 unspecified atom stereocenters. The Labute approximate surface area is 281 Å². The highest BCUT2D eigenvalue weighted by molar-refractivity contribution is 7.89. The fourth-order valence-corrected chi connectivity index (χ4v) is 9.58. The number of halogens is 2. The van der Waals surface area contributed by atoms with Crippen molar-refractivity contribution in [3.63, 3.8) is 0 Å². The Morgan fingerprint density at radius 2 is 1.52 bits per heavy atom. The summed E-state index contributed by atoms with van der Waals surface area (Å²) in [7, 11) is -4.28. The van der Waals surface area contributed by atoms with Gasteiger partial charge in [-0.15, -0.1) is 0 Å². The minimum atomic E-state index is -4.28. The predicted molar refractivity (Wildman–Crippen MR) is 179 cm³/mol. The second kappa shape index (κ2) is 13.3. The van der Waals surface area contributed by atoms with Gasteiger partial charge in [-0.1, -0.05) is 54.5 Å². The molecule has 0 radical (unpaired) electrons. The molecule has 2 aliphatic heterocycles. The number of hydrogen-bond acceptors (Lipinski definition) is 6. The molecule has 7 rings (SSSR count). The molecule has 2 aliphatic carbocycles. The van der Waals surface area contributed by atoms with E-state index in [4.69, 9.17) is 15.3 Å². The van der Waals surface area contributed by atoms with Crippen molar-refractivity contribution in [1.82, 2.24) is 9.79 Å². The molecule has 3 N–H and O–H groups in total. The van der Waals surface area contributed by atoms with E-state index in [0.717, 1.165) is 31.1 Å². The number of piperidine rings is 1. The van der Waals surface area contributed by atoms with E-state index in [2.05, 4.69) is 4.89 Å². The van der Waals surface area contributed by atoms with E-state index in [1.807, 2.05) is 18.2 Å². The van der Waals surface area contributed by atoms with Crippen molar-refractivity contribution in [3.05, 3.63) is 72.3 Å². The summed E-state index contributed by atoms with van der Waals surface area (Å²) in [5.41, 5.74) is 4.18. The summed E-state index contributed by atoms with van der Waals surface area (Å²) in [6.07, 6.45) is 9.03. The van der Waals surface area contributed by atoms with Gasteiger partial charge in [0.2, 0.25) is 5.91 Å². The van der Waals surface area contributed by atoms with Crippen molar-refractivity contribution in [1.29, 1.82) is 0 Å². The van der Waals surface area contributed by atoms with Gasteiger partial charge in [0, 0.05) is 23.7 Å². The van der Waals surface area contributed by atoms with Crippen LogP contribution in [0.2, 0.25) is 0 Å². The molecule has 8 nitrogen and oxygen atoms in total. The third-order valence-corrected chi connectivity index (χ3v) is 12.3. The van der Waals surface area contributed by atoms with E-state index in [1.54, 1.807) is 29.2 Å². The number of nitrogens with one attached hydrogen (secondary N) is 1. The number of sulfonamides is 1. The molecule has 2 heterocycles. The van der Waals surface area contributed by atoms with Crippen LogP contribution in [0, 0.1) is 5.92 Å². The molecular weight excluding hydrogens is 636 g/mol. The van der Waals surface area contributed by atoms with Crippen LogP contribution in [0.3, 0.4) is 0 Å². The molecule has 0 aromatic heterocycles. The monoisotopic (exact) mass is 681 g/mol. The van der Waals surface area contributed by atoms with Crippen LogP contribution in [-0.4, -0.2) is 49.1 Å². The van der Waals surface area contributed by atoms with Gasteiger partial charge >= 0.3 is 0 Å². The average Bonchev–Trinajstić information content (AvgIpc) is 3.66. The summed E-state index contributed by atoms with van der Waals surface area (Å²) in [4.78, 5) is 24.5. The summed E-state index contributed by atoms with van der Waals surface area (Å²) in [5.74, 6) is -5.83. The molecule has 258 valence electrons. The number of alkyl halides is 2. The van der Waals surface area contributed by atoms with Gasteiger partial charge in [0.1, 0.15) is 17.3 Å². The Hall–Kier alpha value is -3.12. The minimum Gasteiger partial charge on any atom is -0.490 e. The Bertz CT molecular complexity index is 1710. The van der Waals surface area contributed by atoms with E-state index < -0.39 is 33.4 Å². The van der Waals surface area contributed by atoms with Crippen LogP contribution < -0.4 is 15.4 Å². The predicted octanol–water partition coefficient (Wildman–Crippen LogP) is 6.96. The van der Waals surface area contributed by atoms with E-state index in [0.29, 0.717) is 49.7 Å². The lowest BCUT2D eigenvalue weighted by molar-refractivity contribution is -0.205. The number of amides is 1. The van der Waals surface area contributed by atoms with Gasteiger partial charge in [-0.05, 0) is 111 Å². The van der Waals surface area contributed by atoms with Gasteiger partial charge in [-0.3, -0.25) is 9.63 Å². The standard InChI is InChI=1S/C37H45F2N3O5S/c38-37(39,27-13-17-32(18-14-27)46-31-10-2-1-3-11-31)34(35(43)42-29-15-16-30(42)24-28(40)23-29)36(20-6-7-21-36)47-41-48(44,45)33-19-12-25-8-4-5-9-26(25)22-33/h4-5,8-9,12-14,17-19,22,28-31,34,41H,1-3,6-7,10-11,15-16,20-21,23-24,40H2/t29-,30-,34+/m1/s1. The number of hydrogen-bond donors (Lipinski definition) is 2. The van der Waals surface area contributed by atoms with Crippen molar-refractivity contribution in [3.8, 4) is 5.75 Å². The smallest absolute Gasteiger partial charge is 0.287 e. The molecule has 1 amide bonds. The second-order valence-corrected chi connectivity index (χ2v) is 15.9. The minimum absolute atomic E-state index is 0.0550. The van der Waals surface area contributed by atoms with Gasteiger partial charge in [-0.25, -0.2) is 17.2 Å². The number of carbonyl (C=O) groups is 1. The molecule has 48 heavy (non-hydrogen) atoms. The maximum Gasteiger partial charge on any atom is 0.287 e. The second-order valence-electron chi connectivity index (χ2n) is 14.3. The molecule has 2 saturated carbocycles. The number of nitrogens with two attached hydrogens (primary N) is 1. The molecule has 3 aromatic carbocycles. The van der Waals surface area contributed by atoms with Crippen molar-refractivity contribution in [2.45, 2.75) is 124 Å². The first-order chi connectivity index (χ1) is 23.1. The van der Waals surface area contributed by atoms with Gasteiger partial charge in [-0.2, -0.15) is 0 Å². The molecule has 4 fully saturated rings. The lowest BCUT2D eigenvalue weighted by Gasteiger charge is -2.45. The van der Waals surface area contributed by atoms with Crippen LogP contribution >= 0.6 is 0 Å². The summed E-state index contributed by atoms with van der Waals surface area (Å²) < 4.78 is 67.7. The van der Waals surface area contributed by atoms with Crippen molar-refractivity contribution < 1.29 is 31.6 Å². The van der Waals surface area contributed by atoms with E-state index in [1.165, 1.54) is 30.7 Å². The SMILES string of the molecule is NC1C[C@H]2CC[C@H](C1)N2C(=O)[C@@H](C1(ONS(=O)(=O)c2ccc3ccccc3c2)CCCC1)C(F)(F)c1ccc(OC2CCCCC2)cc1. The Balaban J connectivity index is 1.21. The summed E-state index contributed by atoms with van der Waals surface area (Å²) >= 11 is 0. The first-order valence-electron chi connectivity index (χ1n) is 17.5. The topological polar surface area (TPSA) is 111 Å². The molecule has 2 saturated heterocycles. The summed E-state index contributed by atoms with van der Waals surface area (Å²) in [6.45, 7) is 0. The fraction of sp³-hybridized carbons (Fsp3) is 0.541. The van der Waals surface area contributed by atoms with Crippen LogP contribution in [-0.2, 0) is 25.6 Å². The largest absolute Gasteiger partial charge is 0.490 e. The molecule has 2 bridgehead atoms. The third-order valence-electron chi connectivity index (χ3n) is 11.1. The average molecular weight is 682 g/mol. The highest BCUT2D eigenvalue weighted by Crippen LogP contribution is 2.52. The Kier molecular flexibility index (Phi) is 9.25. The van der Waals surface area contributed by atoms with Crippen molar-refractivity contribution in [2.24, 2.45) is 11.7 Å². The van der Waals surface area contributed by atoms with E-state index >= 15 is 8.78 Å². The van der Waals surface area contributed by atoms with Crippen LogP contribution in [0.25, 0.3) is 10.8 Å². The Morgan fingerprint density at radius 1 is 0.875 bits per heavy atom. The van der Waals surface area contributed by atoms with Crippen molar-refractivity contribution in [2.75, 3.05) is 0 Å². The zero-order valence-electron chi connectivity index (χ0n) is 27.2. The van der Waals surface area contributed by atoms with Gasteiger partial charge in [0.05, 0.1) is 11.0 Å². The number of benzene rings is 3. The van der Waals surface area contributed by atoms with Crippen molar-refractivity contribution >= 4 is 26.7 Å². The van der Waals surface area contributed by atoms with Gasteiger partial charge < -0.3 is 15.4 Å². The lowest BCUT2D eigenvalue weighted by Crippen LogP contribution is -2.60. The normalized spacial score (nSPS) is 25.3. The molecule has 3 aromatic rings. The molecule has 3 atom stereocenters. The quantitative estimate of drug-likeness (QED) is 0.224. The van der Waals surface area contributed by atoms with Crippen LogP contribution in [0.4, 0.5) is 8.78 Å². The van der Waals surface area contributed by atoms with Crippen LogP contribution in [0.15, 0.2) is 71.6 Å². The first-order valence-corrected chi connectivity index (χ1v) is 19.0. The summed E-state index contributed by atoms with van der Waals surface area (Å²) in [5, 5.41) is 1.58. The first kappa shape index (κ1) is 33.4. The maximum absolute atomic E-state index is 17.2. The zero-order valence-corrected chi connectivity index (χ0v) is 28.0. The van der Waals surface area contributed by atoms with Crippen LogP contribution in [0.5, 0.6) is 5.75 Å². The highest BCUT2D eigenvalue weighted by Gasteiger charge is 2.62. The third kappa shape index (κ3) is 6.46. The van der Waals surface area contributed by atoms with Crippen LogP contribution in [0.1, 0.15) is 89.0 Å². The summed E-state index contributed by atoms with van der Waals surface area (Å²) in [6, 6.07) is 17.2. The number of nitrogens with zero attached hydrogens (tertiary/aromatic N) is 1. The van der Waals surface area contributed by atoms with E-state index in [9.17, 15) is 13.2 Å². The van der Waals surface area contributed by atoms with Gasteiger partial charge in [0.15, 0.2) is 0 Å². The molecule has 4 aliphatic rings. The fourth-order valence-electron chi connectivity index (χ4n) is 8.68. The number of carbonyl (C=O) groups excluding carboxylic acids is 1. The molecular formula is C37H45F2N3O5S. The highest BCUT2D eigenvalue weighted by atomic mass is 32.2. The molecule has 0 spiro atoms. The number of rotatable bonds is 10. The zero-order chi connectivity index (χ0) is 33.5.